The van der Waals surface area contributed by atoms with Crippen molar-refractivity contribution in [1.82, 2.24) is 0 Å². The Labute approximate surface area is 57.8 Å². The lowest BCUT2D eigenvalue weighted by Crippen LogP contribution is -1.95. The maximum absolute atomic E-state index is 4.31. The van der Waals surface area contributed by atoms with Gasteiger partial charge in [0, 0.05) is 6.20 Å². The van der Waals surface area contributed by atoms with Gasteiger partial charge in [-0.3, -0.25) is 4.99 Å². The first kappa shape index (κ1) is 5.23. The fraction of sp³-hybridized carbons (Fsp3) is 0.333. The van der Waals surface area contributed by atoms with E-state index in [1.165, 1.54) is 0 Å². The minimum absolute atomic E-state index is 0.378. The molecule has 1 atom stereocenters. The van der Waals surface area contributed by atoms with Gasteiger partial charge in [0.25, 0.3) is 0 Å². The highest BCUT2D eigenvalue weighted by molar-refractivity contribution is 8.16. The first-order chi connectivity index (χ1) is 4.36. The van der Waals surface area contributed by atoms with E-state index in [0.29, 0.717) is 5.37 Å². The number of thioether (sulfide) groups is 1. The number of fused-ring (bicyclic) bond motifs is 1. The average Bonchev–Trinajstić information content (AvgIpc) is 2.22. The molecule has 2 rings (SSSR count). The number of rotatable bonds is 0. The van der Waals surface area contributed by atoms with Gasteiger partial charge in [-0.05, 0) is 13.0 Å². The molecule has 46 valence electrons. The topological polar surface area (TPSA) is 24.7 Å². The normalized spacial score (nSPS) is 30.1. The Morgan fingerprint density at radius 2 is 2.56 bits per heavy atom. The van der Waals surface area contributed by atoms with Crippen molar-refractivity contribution >= 4 is 22.5 Å². The van der Waals surface area contributed by atoms with Crippen molar-refractivity contribution in [2.45, 2.75) is 12.3 Å². The molecule has 0 bridgehead atoms. The van der Waals surface area contributed by atoms with Crippen LogP contribution >= 0.6 is 11.8 Å². The van der Waals surface area contributed by atoms with E-state index < -0.39 is 0 Å². The maximum Gasteiger partial charge on any atom is 0.123 e. The van der Waals surface area contributed by atoms with Gasteiger partial charge >= 0.3 is 0 Å². The summed E-state index contributed by atoms with van der Waals surface area (Å²) in [5, 5.41) is 1.46. The van der Waals surface area contributed by atoms with Crippen molar-refractivity contribution in [1.29, 1.82) is 0 Å². The van der Waals surface area contributed by atoms with E-state index in [1.54, 1.807) is 18.0 Å². The summed E-state index contributed by atoms with van der Waals surface area (Å²) in [5.74, 6) is 0. The predicted octanol–water partition coefficient (Wildman–Crippen LogP) is 1.45. The zero-order chi connectivity index (χ0) is 6.27. The van der Waals surface area contributed by atoms with Gasteiger partial charge in [0.2, 0.25) is 0 Å². The molecule has 0 spiro atoms. The molecule has 3 heteroatoms. The summed E-state index contributed by atoms with van der Waals surface area (Å²) in [6, 6.07) is 0. The van der Waals surface area contributed by atoms with Gasteiger partial charge in [0.1, 0.15) is 5.04 Å². The summed E-state index contributed by atoms with van der Waals surface area (Å²) in [6.07, 6.45) is 3.75. The lowest BCUT2D eigenvalue weighted by Gasteiger charge is -1.90. The molecule has 2 heterocycles. The van der Waals surface area contributed by atoms with Crippen molar-refractivity contribution < 1.29 is 0 Å². The molecule has 1 unspecified atom stereocenters. The quantitative estimate of drug-likeness (QED) is 0.497. The smallest absolute Gasteiger partial charge is 0.123 e. The predicted molar refractivity (Wildman–Crippen MR) is 41.1 cm³/mol. The standard InChI is InChI=1S/C6H6N2S/c1-4-8-5-2-3-7-6(5)9-4/h2-4H,1H3. The summed E-state index contributed by atoms with van der Waals surface area (Å²) >= 11 is 1.72. The van der Waals surface area contributed by atoms with Crippen molar-refractivity contribution in [3.8, 4) is 0 Å². The second-order valence-corrected chi connectivity index (χ2v) is 3.29. The summed E-state index contributed by atoms with van der Waals surface area (Å²) in [6.45, 7) is 2.08. The van der Waals surface area contributed by atoms with Gasteiger partial charge in [-0.2, -0.15) is 0 Å². The summed E-state index contributed by atoms with van der Waals surface area (Å²) in [4.78, 5) is 8.43. The van der Waals surface area contributed by atoms with Crippen molar-refractivity contribution in [3.63, 3.8) is 0 Å². The Bertz CT molecular complexity index is 227. The highest BCUT2D eigenvalue weighted by Crippen LogP contribution is 2.25. The summed E-state index contributed by atoms with van der Waals surface area (Å²) in [7, 11) is 0. The highest BCUT2D eigenvalue weighted by atomic mass is 32.2. The lowest BCUT2D eigenvalue weighted by atomic mass is 10.4. The van der Waals surface area contributed by atoms with Gasteiger partial charge < -0.3 is 0 Å². The molecular weight excluding hydrogens is 132 g/mol. The minimum atomic E-state index is 0.378. The van der Waals surface area contributed by atoms with Crippen LogP contribution in [0.3, 0.4) is 0 Å². The second kappa shape index (κ2) is 1.70. The maximum atomic E-state index is 4.31. The number of nitrogens with zero attached hydrogens (tertiary/aromatic N) is 2. The number of hydrogen-bond acceptors (Lipinski definition) is 3. The van der Waals surface area contributed by atoms with Crippen LogP contribution in [0.1, 0.15) is 6.92 Å². The zero-order valence-electron chi connectivity index (χ0n) is 5.03. The van der Waals surface area contributed by atoms with E-state index in [4.69, 9.17) is 0 Å². The van der Waals surface area contributed by atoms with Crippen LogP contribution in [-0.4, -0.2) is 16.1 Å². The van der Waals surface area contributed by atoms with Crippen molar-refractivity contribution in [2.24, 2.45) is 9.98 Å². The molecule has 0 fully saturated rings. The second-order valence-electron chi connectivity index (χ2n) is 1.98. The van der Waals surface area contributed by atoms with E-state index in [-0.39, 0.29) is 0 Å². The van der Waals surface area contributed by atoms with Gasteiger partial charge in [-0.1, -0.05) is 11.8 Å². The molecule has 2 nitrogen and oxygen atoms in total. The van der Waals surface area contributed by atoms with Crippen LogP contribution in [0, 0.1) is 0 Å². The Hall–Kier alpha value is -0.570. The highest BCUT2D eigenvalue weighted by Gasteiger charge is 2.21. The molecule has 9 heavy (non-hydrogen) atoms. The lowest BCUT2D eigenvalue weighted by molar-refractivity contribution is 1.06. The van der Waals surface area contributed by atoms with Crippen LogP contribution < -0.4 is 0 Å². The molecule has 0 saturated carbocycles. The van der Waals surface area contributed by atoms with Crippen LogP contribution in [0.5, 0.6) is 0 Å². The molecule has 0 aromatic heterocycles. The zero-order valence-corrected chi connectivity index (χ0v) is 5.85. The molecule has 2 aliphatic rings. The van der Waals surface area contributed by atoms with Crippen LogP contribution in [0.25, 0.3) is 0 Å². The van der Waals surface area contributed by atoms with Gasteiger partial charge in [-0.15, -0.1) is 0 Å². The SMILES string of the molecule is CC1N=C2C=CN=C2S1. The molecule has 0 aliphatic carbocycles. The number of aliphatic imine (C=N–C) groups is 2. The van der Waals surface area contributed by atoms with Crippen molar-refractivity contribution in [2.75, 3.05) is 0 Å². The third-order valence-corrected chi connectivity index (χ3v) is 2.23. The Morgan fingerprint density at radius 3 is 3.33 bits per heavy atom. The fourth-order valence-corrected chi connectivity index (χ4v) is 1.74. The molecular formula is C6H6N2S. The Morgan fingerprint density at radius 1 is 1.67 bits per heavy atom. The van der Waals surface area contributed by atoms with E-state index in [9.17, 15) is 0 Å². The monoisotopic (exact) mass is 138 g/mol. The molecule has 2 aliphatic heterocycles. The third-order valence-electron chi connectivity index (χ3n) is 1.25. The van der Waals surface area contributed by atoms with E-state index in [1.807, 2.05) is 6.08 Å². The van der Waals surface area contributed by atoms with E-state index in [0.717, 1.165) is 10.8 Å². The van der Waals surface area contributed by atoms with E-state index in [2.05, 4.69) is 16.9 Å². The fourth-order valence-electron chi connectivity index (χ4n) is 0.886. The number of allylic oxidation sites excluding steroid dienone is 1. The molecule has 0 N–H and O–H groups in total. The van der Waals surface area contributed by atoms with Gasteiger partial charge in [0.15, 0.2) is 0 Å². The molecule has 0 aromatic carbocycles. The first-order valence-corrected chi connectivity index (χ1v) is 3.73. The van der Waals surface area contributed by atoms with Gasteiger partial charge in [-0.25, -0.2) is 4.99 Å². The molecule has 0 aromatic rings. The summed E-state index contributed by atoms with van der Waals surface area (Å²) in [5.41, 5.74) is 1.06. The van der Waals surface area contributed by atoms with Crippen LogP contribution in [0.4, 0.5) is 0 Å². The van der Waals surface area contributed by atoms with E-state index >= 15 is 0 Å². The average molecular weight is 138 g/mol. The first-order valence-electron chi connectivity index (χ1n) is 2.85. The largest absolute Gasteiger partial charge is 0.268 e. The minimum Gasteiger partial charge on any atom is -0.268 e. The van der Waals surface area contributed by atoms with Crippen LogP contribution in [0.15, 0.2) is 22.3 Å². The molecule has 0 saturated heterocycles. The molecule has 0 radical (unpaired) electrons. The Kier molecular flexibility index (Phi) is 0.990. The Balaban J connectivity index is 2.40. The third kappa shape index (κ3) is 0.721. The van der Waals surface area contributed by atoms with Gasteiger partial charge in [0.05, 0.1) is 11.1 Å². The molecule has 0 amide bonds. The summed E-state index contributed by atoms with van der Waals surface area (Å²) < 4.78 is 0. The van der Waals surface area contributed by atoms with Crippen LogP contribution in [-0.2, 0) is 0 Å². The van der Waals surface area contributed by atoms with Crippen LogP contribution in [0.2, 0.25) is 0 Å². The van der Waals surface area contributed by atoms with Crippen molar-refractivity contribution in [3.05, 3.63) is 12.3 Å². The number of hydrogen-bond donors (Lipinski definition) is 0.